The Kier molecular flexibility index (Phi) is 6.61. The Morgan fingerprint density at radius 3 is 2.64 bits per heavy atom. The van der Waals surface area contributed by atoms with Crippen molar-refractivity contribution in [3.8, 4) is 5.69 Å². The Hall–Kier alpha value is -3.40. The van der Waals surface area contributed by atoms with Gasteiger partial charge in [-0.2, -0.15) is 13.2 Å². The molecule has 206 valence electrons. The van der Waals surface area contributed by atoms with Crippen LogP contribution in [0.4, 0.5) is 13.2 Å². The number of rotatable bonds is 7. The van der Waals surface area contributed by atoms with E-state index in [4.69, 9.17) is 0 Å². The van der Waals surface area contributed by atoms with Gasteiger partial charge in [-0.1, -0.05) is 31.9 Å². The molecule has 2 atom stereocenters. The minimum Gasteiger partial charge on any atom is -0.320 e. The van der Waals surface area contributed by atoms with Gasteiger partial charge in [0, 0.05) is 38.4 Å². The highest BCUT2D eigenvalue weighted by atomic mass is 19.4. The van der Waals surface area contributed by atoms with Gasteiger partial charge in [-0.05, 0) is 67.0 Å². The van der Waals surface area contributed by atoms with E-state index < -0.39 is 17.4 Å². The maximum atomic E-state index is 14.2. The van der Waals surface area contributed by atoms with E-state index >= 15 is 0 Å². The van der Waals surface area contributed by atoms with Gasteiger partial charge in [-0.3, -0.25) is 13.9 Å². The van der Waals surface area contributed by atoms with Gasteiger partial charge in [0.25, 0.3) is 0 Å². The molecule has 39 heavy (non-hydrogen) atoms. The van der Waals surface area contributed by atoms with Crippen molar-refractivity contribution >= 4 is 5.52 Å². The summed E-state index contributed by atoms with van der Waals surface area (Å²) in [4.78, 5) is 15.7. The summed E-state index contributed by atoms with van der Waals surface area (Å²) >= 11 is 0. The molecule has 0 radical (unpaired) electrons. The number of alkyl halides is 3. The summed E-state index contributed by atoms with van der Waals surface area (Å²) in [5.74, 6) is 1.95. The Morgan fingerprint density at radius 2 is 1.95 bits per heavy atom. The molecular weight excluding hydrogens is 505 g/mol. The third kappa shape index (κ3) is 5.26. The molecule has 1 saturated carbocycles. The maximum Gasteiger partial charge on any atom is 0.418 e. The molecule has 2 fully saturated rings. The summed E-state index contributed by atoms with van der Waals surface area (Å²) < 4.78 is 47.0. The second kappa shape index (κ2) is 9.97. The molecule has 10 heteroatoms. The Balaban J connectivity index is 1.41. The predicted molar refractivity (Wildman–Crippen MR) is 142 cm³/mol. The van der Waals surface area contributed by atoms with Crippen LogP contribution in [-0.2, 0) is 19.8 Å². The van der Waals surface area contributed by atoms with Crippen molar-refractivity contribution in [1.82, 2.24) is 28.6 Å². The van der Waals surface area contributed by atoms with Crippen LogP contribution in [0.3, 0.4) is 0 Å². The standard InChI is InChI=1S/C29H33F3N6O/c1-19-5-4-10-36(14-19)15-21-12-25(29(30,31)32)26-17-37(28(39)38(26)16-21)23-7-3-6-22(13-23)24(11-20-8-9-20)27-34-33-18-35(27)2/h3,6-7,12-13,16-20,24H,4-5,8-11,14-15H2,1-2H3/t19-,24?/m0/s1. The van der Waals surface area contributed by atoms with Crippen LogP contribution in [0, 0.1) is 11.8 Å². The van der Waals surface area contributed by atoms with Crippen LogP contribution < -0.4 is 5.69 Å². The fourth-order valence-electron chi connectivity index (χ4n) is 6.01. The molecule has 6 rings (SSSR count). The summed E-state index contributed by atoms with van der Waals surface area (Å²) in [6.07, 6.45) is 5.40. The van der Waals surface area contributed by atoms with Gasteiger partial charge < -0.3 is 4.57 Å². The van der Waals surface area contributed by atoms with E-state index in [-0.39, 0.29) is 11.4 Å². The molecule has 0 N–H and O–H groups in total. The minimum atomic E-state index is -4.59. The van der Waals surface area contributed by atoms with Gasteiger partial charge in [-0.25, -0.2) is 4.79 Å². The number of pyridine rings is 1. The number of piperidine rings is 1. The lowest BCUT2D eigenvalue weighted by Crippen LogP contribution is -2.34. The third-order valence-corrected chi connectivity index (χ3v) is 8.15. The van der Waals surface area contributed by atoms with E-state index in [0.717, 1.165) is 48.1 Å². The number of hydrogen-bond donors (Lipinski definition) is 0. The fourth-order valence-corrected chi connectivity index (χ4v) is 6.01. The van der Waals surface area contributed by atoms with Crippen LogP contribution in [0.5, 0.6) is 0 Å². The number of aryl methyl sites for hydroxylation is 1. The topological polar surface area (TPSA) is 60.4 Å². The minimum absolute atomic E-state index is 0.0121. The zero-order chi connectivity index (χ0) is 27.3. The lowest BCUT2D eigenvalue weighted by molar-refractivity contribution is -0.136. The molecule has 1 aliphatic heterocycles. The number of benzene rings is 1. The highest BCUT2D eigenvalue weighted by Crippen LogP contribution is 2.41. The number of halogens is 3. The van der Waals surface area contributed by atoms with Crippen LogP contribution in [0.15, 0.2) is 53.8 Å². The maximum absolute atomic E-state index is 14.2. The van der Waals surface area contributed by atoms with Gasteiger partial charge in [0.05, 0.1) is 16.8 Å². The molecule has 0 bridgehead atoms. The van der Waals surface area contributed by atoms with Gasteiger partial charge in [-0.15, -0.1) is 10.2 Å². The second-order valence-electron chi connectivity index (χ2n) is 11.4. The number of imidazole rings is 1. The van der Waals surface area contributed by atoms with E-state index in [1.807, 2.05) is 29.8 Å². The molecule has 2 aliphatic rings. The zero-order valence-corrected chi connectivity index (χ0v) is 22.2. The monoisotopic (exact) mass is 538 g/mol. The molecular formula is C29H33F3N6O. The van der Waals surface area contributed by atoms with E-state index in [2.05, 4.69) is 22.0 Å². The van der Waals surface area contributed by atoms with E-state index in [9.17, 15) is 18.0 Å². The van der Waals surface area contributed by atoms with Crippen molar-refractivity contribution in [2.75, 3.05) is 13.1 Å². The second-order valence-corrected chi connectivity index (χ2v) is 11.4. The first kappa shape index (κ1) is 25.9. The van der Waals surface area contributed by atoms with E-state index in [1.165, 1.54) is 29.7 Å². The number of likely N-dealkylation sites (tertiary alicyclic amines) is 1. The highest BCUT2D eigenvalue weighted by Gasteiger charge is 2.35. The Morgan fingerprint density at radius 1 is 1.13 bits per heavy atom. The van der Waals surface area contributed by atoms with E-state index in [1.54, 1.807) is 18.6 Å². The molecule has 3 aromatic heterocycles. The predicted octanol–water partition coefficient (Wildman–Crippen LogP) is 5.40. The summed E-state index contributed by atoms with van der Waals surface area (Å²) in [6.45, 7) is 4.24. The summed E-state index contributed by atoms with van der Waals surface area (Å²) in [6, 6.07) is 8.70. The quantitative estimate of drug-likeness (QED) is 0.316. The lowest BCUT2D eigenvalue weighted by Gasteiger charge is -2.31. The third-order valence-electron chi connectivity index (χ3n) is 8.15. The number of fused-ring (bicyclic) bond motifs is 1. The highest BCUT2D eigenvalue weighted by molar-refractivity contribution is 5.58. The molecule has 1 unspecified atom stereocenters. The normalized spacial score (nSPS) is 19.6. The van der Waals surface area contributed by atoms with Gasteiger partial charge >= 0.3 is 11.9 Å². The summed E-state index contributed by atoms with van der Waals surface area (Å²) in [5, 5.41) is 8.39. The summed E-state index contributed by atoms with van der Waals surface area (Å²) in [7, 11) is 1.91. The molecule has 1 aliphatic carbocycles. The summed E-state index contributed by atoms with van der Waals surface area (Å²) in [5.41, 5.74) is 0.541. The van der Waals surface area contributed by atoms with Crippen LogP contribution >= 0.6 is 0 Å². The van der Waals surface area contributed by atoms with Gasteiger partial charge in [0.2, 0.25) is 0 Å². The van der Waals surface area contributed by atoms with Crippen molar-refractivity contribution in [1.29, 1.82) is 0 Å². The van der Waals surface area contributed by atoms with E-state index in [0.29, 0.717) is 29.6 Å². The Bertz CT molecular complexity index is 1550. The molecule has 4 heterocycles. The van der Waals surface area contributed by atoms with Crippen molar-refractivity contribution in [2.45, 2.75) is 57.7 Å². The number of hydrogen-bond acceptors (Lipinski definition) is 4. The molecule has 0 spiro atoms. The van der Waals surface area contributed by atoms with Crippen LogP contribution in [-0.4, -0.2) is 41.7 Å². The molecule has 7 nitrogen and oxygen atoms in total. The van der Waals surface area contributed by atoms with Crippen molar-refractivity contribution in [3.05, 3.63) is 82.1 Å². The lowest BCUT2D eigenvalue weighted by atomic mass is 9.92. The fraction of sp³-hybridized carbons (Fsp3) is 0.483. The van der Waals surface area contributed by atoms with Crippen LogP contribution in [0.1, 0.15) is 67.5 Å². The number of aromatic nitrogens is 5. The first-order valence-electron chi connectivity index (χ1n) is 13.7. The molecule has 4 aromatic rings. The smallest absolute Gasteiger partial charge is 0.320 e. The molecule has 1 aromatic carbocycles. The van der Waals surface area contributed by atoms with Crippen molar-refractivity contribution in [3.63, 3.8) is 0 Å². The average molecular weight is 539 g/mol. The van der Waals surface area contributed by atoms with Gasteiger partial charge in [0.15, 0.2) is 0 Å². The SMILES string of the molecule is C[C@H]1CCCN(Cc2cc(C(F)(F)F)c3cn(-c4cccc(C(CC5CC5)c5nncn5C)c4)c(=O)n3c2)C1. The average Bonchev–Trinajstić information content (AvgIpc) is 3.53. The first-order chi connectivity index (χ1) is 18.7. The Labute approximate surface area is 224 Å². The van der Waals surface area contributed by atoms with Crippen molar-refractivity contribution < 1.29 is 13.2 Å². The molecule has 0 amide bonds. The first-order valence-corrected chi connectivity index (χ1v) is 13.7. The van der Waals surface area contributed by atoms with Crippen LogP contribution in [0.25, 0.3) is 11.2 Å². The van der Waals surface area contributed by atoms with Gasteiger partial charge in [0.1, 0.15) is 12.2 Å². The van der Waals surface area contributed by atoms with Crippen LogP contribution in [0.2, 0.25) is 0 Å². The number of nitrogens with zero attached hydrogens (tertiary/aromatic N) is 6. The van der Waals surface area contributed by atoms with Crippen molar-refractivity contribution in [2.24, 2.45) is 18.9 Å². The largest absolute Gasteiger partial charge is 0.418 e. The molecule has 1 saturated heterocycles. The zero-order valence-electron chi connectivity index (χ0n) is 22.2.